The monoisotopic (exact) mass is 163 g/mol. The summed E-state index contributed by atoms with van der Waals surface area (Å²) in [5, 5.41) is 8.85. The maximum Gasteiger partial charge on any atom is 0.155 e. The van der Waals surface area contributed by atoms with Gasteiger partial charge in [-0.25, -0.2) is 0 Å². The predicted molar refractivity (Wildman–Crippen MR) is 46.3 cm³/mol. The second-order valence-electron chi connectivity index (χ2n) is 3.84. The molecule has 0 aromatic heterocycles. The van der Waals surface area contributed by atoms with Gasteiger partial charge in [-0.1, -0.05) is 6.08 Å². The lowest BCUT2D eigenvalue weighted by molar-refractivity contribution is -0.116. The molecule has 0 heterocycles. The van der Waals surface area contributed by atoms with Crippen molar-refractivity contribution in [3.63, 3.8) is 0 Å². The molecule has 1 atom stereocenters. The van der Waals surface area contributed by atoms with E-state index in [0.717, 1.165) is 6.42 Å². The zero-order chi connectivity index (χ0) is 9.19. The average molecular weight is 163 g/mol. The standard InChI is InChI=1S/C10H13NO/c1-10(2,7-11)8-4-3-5-9(12)6-8/h3,5,8H,4,6H2,1-2H3. The van der Waals surface area contributed by atoms with Gasteiger partial charge < -0.3 is 0 Å². The summed E-state index contributed by atoms with van der Waals surface area (Å²) >= 11 is 0. The summed E-state index contributed by atoms with van der Waals surface area (Å²) in [7, 11) is 0. The van der Waals surface area contributed by atoms with E-state index in [1.54, 1.807) is 6.08 Å². The average Bonchev–Trinajstić information content (AvgIpc) is 2.05. The summed E-state index contributed by atoms with van der Waals surface area (Å²) in [5.41, 5.74) is -0.375. The lowest BCUT2D eigenvalue weighted by Crippen LogP contribution is -2.26. The first-order valence-electron chi connectivity index (χ1n) is 4.17. The summed E-state index contributed by atoms with van der Waals surface area (Å²) < 4.78 is 0. The minimum absolute atomic E-state index is 0.148. The van der Waals surface area contributed by atoms with Crippen LogP contribution in [0.3, 0.4) is 0 Å². The Labute approximate surface area is 72.9 Å². The number of carbonyl (C=O) groups excluding carboxylic acids is 1. The van der Waals surface area contributed by atoms with Gasteiger partial charge in [0.1, 0.15) is 0 Å². The van der Waals surface area contributed by atoms with Gasteiger partial charge in [0.05, 0.1) is 11.5 Å². The largest absolute Gasteiger partial charge is 0.295 e. The van der Waals surface area contributed by atoms with Gasteiger partial charge in [-0.2, -0.15) is 5.26 Å². The minimum atomic E-state index is -0.375. The molecular weight excluding hydrogens is 150 g/mol. The number of ketones is 1. The number of allylic oxidation sites excluding steroid dienone is 2. The normalized spacial score (nSPS) is 23.8. The van der Waals surface area contributed by atoms with E-state index in [0.29, 0.717) is 6.42 Å². The van der Waals surface area contributed by atoms with Gasteiger partial charge in [0, 0.05) is 6.42 Å². The fraction of sp³-hybridized carbons (Fsp3) is 0.600. The number of nitrogens with zero attached hydrogens (tertiary/aromatic N) is 1. The van der Waals surface area contributed by atoms with Crippen molar-refractivity contribution < 1.29 is 4.79 Å². The van der Waals surface area contributed by atoms with Crippen molar-refractivity contribution in [3.05, 3.63) is 12.2 Å². The number of rotatable bonds is 1. The van der Waals surface area contributed by atoms with E-state index in [1.807, 2.05) is 19.9 Å². The Morgan fingerprint density at radius 3 is 2.83 bits per heavy atom. The van der Waals surface area contributed by atoms with Gasteiger partial charge in [0.25, 0.3) is 0 Å². The SMILES string of the molecule is CC(C)(C#N)C1CC=CC(=O)C1. The highest BCUT2D eigenvalue weighted by Gasteiger charge is 2.31. The molecule has 0 aliphatic heterocycles. The second-order valence-corrected chi connectivity index (χ2v) is 3.84. The lowest BCUT2D eigenvalue weighted by Gasteiger charge is -2.27. The topological polar surface area (TPSA) is 40.9 Å². The Hall–Kier alpha value is -1.10. The van der Waals surface area contributed by atoms with Gasteiger partial charge in [-0.05, 0) is 32.3 Å². The van der Waals surface area contributed by atoms with Crippen LogP contribution in [0.25, 0.3) is 0 Å². The van der Waals surface area contributed by atoms with Crippen LogP contribution < -0.4 is 0 Å². The van der Waals surface area contributed by atoms with E-state index in [1.165, 1.54) is 0 Å². The van der Waals surface area contributed by atoms with Crippen LogP contribution in [0.4, 0.5) is 0 Å². The Morgan fingerprint density at radius 1 is 1.67 bits per heavy atom. The smallest absolute Gasteiger partial charge is 0.155 e. The van der Waals surface area contributed by atoms with Crippen LogP contribution in [0.15, 0.2) is 12.2 Å². The molecule has 0 saturated heterocycles. The summed E-state index contributed by atoms with van der Waals surface area (Å²) in [5.74, 6) is 0.342. The van der Waals surface area contributed by atoms with Crippen LogP contribution in [0.1, 0.15) is 26.7 Å². The zero-order valence-electron chi connectivity index (χ0n) is 7.50. The van der Waals surface area contributed by atoms with Crippen molar-refractivity contribution in [1.82, 2.24) is 0 Å². The van der Waals surface area contributed by atoms with E-state index >= 15 is 0 Å². The minimum Gasteiger partial charge on any atom is -0.295 e. The second kappa shape index (κ2) is 3.10. The van der Waals surface area contributed by atoms with Gasteiger partial charge in [-0.15, -0.1) is 0 Å². The van der Waals surface area contributed by atoms with Crippen LogP contribution in [-0.2, 0) is 4.79 Å². The van der Waals surface area contributed by atoms with Crippen molar-refractivity contribution in [3.8, 4) is 6.07 Å². The molecule has 1 unspecified atom stereocenters. The third kappa shape index (κ3) is 1.73. The molecule has 0 aromatic rings. The number of carbonyl (C=O) groups is 1. The van der Waals surface area contributed by atoms with Crippen LogP contribution in [-0.4, -0.2) is 5.78 Å². The fourth-order valence-corrected chi connectivity index (χ4v) is 1.40. The molecule has 1 aliphatic rings. The van der Waals surface area contributed by atoms with Gasteiger partial charge in [-0.3, -0.25) is 4.79 Å². The fourth-order valence-electron chi connectivity index (χ4n) is 1.40. The summed E-state index contributed by atoms with van der Waals surface area (Å²) in [4.78, 5) is 11.0. The summed E-state index contributed by atoms with van der Waals surface area (Å²) in [6.45, 7) is 3.79. The third-order valence-corrected chi connectivity index (χ3v) is 2.48. The van der Waals surface area contributed by atoms with Crippen molar-refractivity contribution in [2.24, 2.45) is 11.3 Å². The molecule has 0 N–H and O–H groups in total. The zero-order valence-corrected chi connectivity index (χ0v) is 7.50. The maximum absolute atomic E-state index is 11.0. The molecule has 12 heavy (non-hydrogen) atoms. The molecule has 1 aliphatic carbocycles. The molecule has 2 nitrogen and oxygen atoms in total. The molecule has 1 rings (SSSR count). The van der Waals surface area contributed by atoms with Crippen LogP contribution in [0, 0.1) is 22.7 Å². The van der Waals surface area contributed by atoms with Crippen molar-refractivity contribution in [2.45, 2.75) is 26.7 Å². The van der Waals surface area contributed by atoms with Crippen LogP contribution in [0.5, 0.6) is 0 Å². The van der Waals surface area contributed by atoms with Gasteiger partial charge >= 0.3 is 0 Å². The van der Waals surface area contributed by atoms with E-state index in [4.69, 9.17) is 5.26 Å². The lowest BCUT2D eigenvalue weighted by atomic mass is 9.74. The van der Waals surface area contributed by atoms with E-state index in [2.05, 4.69) is 6.07 Å². The highest BCUT2D eigenvalue weighted by Crippen LogP contribution is 2.33. The molecule has 2 heteroatoms. The van der Waals surface area contributed by atoms with Crippen molar-refractivity contribution in [1.29, 1.82) is 5.26 Å². The number of hydrogen-bond acceptors (Lipinski definition) is 2. The summed E-state index contributed by atoms with van der Waals surface area (Å²) in [6.07, 6.45) is 4.86. The molecule has 0 radical (unpaired) electrons. The Balaban J connectivity index is 2.74. The Kier molecular flexibility index (Phi) is 2.32. The van der Waals surface area contributed by atoms with Gasteiger partial charge in [0.2, 0.25) is 0 Å². The van der Waals surface area contributed by atoms with Crippen LogP contribution in [0.2, 0.25) is 0 Å². The highest BCUT2D eigenvalue weighted by atomic mass is 16.1. The Morgan fingerprint density at radius 2 is 2.33 bits per heavy atom. The number of hydrogen-bond donors (Lipinski definition) is 0. The number of nitriles is 1. The Bertz CT molecular complexity index is 258. The molecule has 0 amide bonds. The predicted octanol–water partition coefficient (Wildman–Crippen LogP) is 2.07. The van der Waals surface area contributed by atoms with E-state index in [9.17, 15) is 4.79 Å². The van der Waals surface area contributed by atoms with E-state index < -0.39 is 0 Å². The first-order chi connectivity index (χ1) is 5.56. The van der Waals surface area contributed by atoms with Crippen molar-refractivity contribution in [2.75, 3.05) is 0 Å². The molecule has 0 bridgehead atoms. The molecule has 0 spiro atoms. The molecule has 64 valence electrons. The quantitative estimate of drug-likeness (QED) is 0.593. The molecule has 0 fully saturated rings. The van der Waals surface area contributed by atoms with Crippen LogP contribution >= 0.6 is 0 Å². The molecule has 0 aromatic carbocycles. The summed E-state index contributed by atoms with van der Waals surface area (Å²) in [6, 6.07) is 2.25. The van der Waals surface area contributed by atoms with Gasteiger partial charge in [0.15, 0.2) is 5.78 Å². The maximum atomic E-state index is 11.0. The first-order valence-corrected chi connectivity index (χ1v) is 4.17. The molecular formula is C10H13NO. The third-order valence-electron chi connectivity index (χ3n) is 2.48. The molecule has 0 saturated carbocycles. The van der Waals surface area contributed by atoms with E-state index in [-0.39, 0.29) is 17.1 Å². The van der Waals surface area contributed by atoms with Crippen molar-refractivity contribution >= 4 is 5.78 Å². The first kappa shape index (κ1) is 8.99. The highest BCUT2D eigenvalue weighted by molar-refractivity contribution is 5.90.